The second kappa shape index (κ2) is 8.54. The third-order valence-corrected chi connectivity index (χ3v) is 6.24. The quantitative estimate of drug-likeness (QED) is 0.431. The fraction of sp³-hybridized carbons (Fsp3) is 0.333. The van der Waals surface area contributed by atoms with Gasteiger partial charge in [0, 0.05) is 22.9 Å². The molecule has 2 heterocycles. The molecular weight excluding hydrogens is 494 g/mol. The highest BCUT2D eigenvalue weighted by molar-refractivity contribution is 5.89. The van der Waals surface area contributed by atoms with Gasteiger partial charge in [-0.1, -0.05) is 18.2 Å². The summed E-state index contributed by atoms with van der Waals surface area (Å²) >= 11 is 0. The fourth-order valence-corrected chi connectivity index (χ4v) is 4.29. The van der Waals surface area contributed by atoms with Crippen LogP contribution < -0.4 is 4.90 Å². The topological polar surface area (TPSA) is 86.8 Å². The summed E-state index contributed by atoms with van der Waals surface area (Å²) < 4.78 is 85.5. The second-order valence-corrected chi connectivity index (χ2v) is 8.64. The predicted octanol–water partition coefficient (Wildman–Crippen LogP) is 5.61. The van der Waals surface area contributed by atoms with Crippen LogP contribution in [-0.2, 0) is 18.6 Å². The lowest BCUT2D eigenvalue weighted by atomic mass is 9.90. The van der Waals surface area contributed by atoms with Gasteiger partial charge in [0.1, 0.15) is 11.5 Å². The first kappa shape index (κ1) is 25.5. The summed E-state index contributed by atoms with van der Waals surface area (Å²) in [7, 11) is 0. The van der Waals surface area contributed by atoms with Crippen LogP contribution in [0.3, 0.4) is 0 Å². The number of anilines is 1. The van der Waals surface area contributed by atoms with E-state index in [1.54, 1.807) is 24.8 Å². The molecule has 1 unspecified atom stereocenters. The zero-order valence-corrected chi connectivity index (χ0v) is 18.9. The molecule has 1 aliphatic heterocycles. The predicted molar refractivity (Wildman–Crippen MR) is 115 cm³/mol. The Morgan fingerprint density at radius 3 is 2.39 bits per heavy atom. The number of oxazole rings is 1. The van der Waals surface area contributed by atoms with E-state index in [4.69, 9.17) is 4.42 Å². The van der Waals surface area contributed by atoms with Gasteiger partial charge in [-0.2, -0.15) is 26.3 Å². The van der Waals surface area contributed by atoms with Crippen LogP contribution in [0.4, 0.5) is 32.0 Å². The molecule has 4 rings (SSSR count). The largest absolute Gasteiger partial charge is 0.478 e. The smallest absolute Gasteiger partial charge is 0.430 e. The van der Waals surface area contributed by atoms with Gasteiger partial charge in [-0.15, -0.1) is 0 Å². The first-order valence-corrected chi connectivity index (χ1v) is 10.7. The molecule has 0 fully saturated rings. The van der Waals surface area contributed by atoms with Crippen molar-refractivity contribution >= 4 is 11.7 Å². The van der Waals surface area contributed by atoms with Gasteiger partial charge in [0.15, 0.2) is 0 Å². The lowest BCUT2D eigenvalue weighted by molar-refractivity contribution is -0.376. The summed E-state index contributed by atoms with van der Waals surface area (Å²) in [4.78, 5) is 17.4. The number of nitrogens with zero attached hydrogens (tertiary/aromatic N) is 2. The average Bonchev–Trinajstić information content (AvgIpc) is 3.30. The van der Waals surface area contributed by atoms with Gasteiger partial charge in [0.25, 0.3) is 5.60 Å². The SMILES string of the molecule is Cc1oc(-c2cccc(C(=O)O)c2)nc1CN1c2ccc(C(O)(C(F)(F)F)C(F)(F)F)cc2CC1C. The van der Waals surface area contributed by atoms with Gasteiger partial charge in [0.05, 0.1) is 12.1 Å². The second-order valence-electron chi connectivity index (χ2n) is 8.64. The van der Waals surface area contributed by atoms with Crippen LogP contribution in [0.2, 0.25) is 0 Å². The van der Waals surface area contributed by atoms with E-state index in [1.165, 1.54) is 18.2 Å². The molecule has 0 saturated carbocycles. The van der Waals surface area contributed by atoms with Crippen LogP contribution in [0, 0.1) is 6.92 Å². The van der Waals surface area contributed by atoms with Crippen molar-refractivity contribution in [2.75, 3.05) is 4.90 Å². The fourth-order valence-electron chi connectivity index (χ4n) is 4.29. The molecule has 0 radical (unpaired) electrons. The minimum atomic E-state index is -5.96. The van der Waals surface area contributed by atoms with Crippen molar-refractivity contribution in [2.24, 2.45) is 0 Å². The number of carboxylic acid groups (broad SMARTS) is 1. The van der Waals surface area contributed by atoms with E-state index in [1.807, 2.05) is 0 Å². The monoisotopic (exact) mass is 514 g/mol. The zero-order chi connectivity index (χ0) is 26.6. The van der Waals surface area contributed by atoms with Crippen molar-refractivity contribution < 1.29 is 45.8 Å². The number of aromatic carboxylic acids is 1. The molecule has 2 aromatic carbocycles. The Morgan fingerprint density at radius 1 is 1.11 bits per heavy atom. The van der Waals surface area contributed by atoms with Crippen LogP contribution in [0.1, 0.15) is 39.9 Å². The van der Waals surface area contributed by atoms with Crippen LogP contribution in [-0.4, -0.2) is 39.6 Å². The van der Waals surface area contributed by atoms with Crippen molar-refractivity contribution in [3.05, 3.63) is 70.6 Å². The molecule has 0 saturated heterocycles. The van der Waals surface area contributed by atoms with E-state index >= 15 is 0 Å². The zero-order valence-electron chi connectivity index (χ0n) is 18.9. The number of aliphatic hydroxyl groups is 1. The van der Waals surface area contributed by atoms with Crippen molar-refractivity contribution in [1.29, 1.82) is 0 Å². The number of rotatable bonds is 5. The number of hydrogen-bond acceptors (Lipinski definition) is 5. The molecule has 12 heteroatoms. The van der Waals surface area contributed by atoms with Crippen molar-refractivity contribution in [2.45, 2.75) is 50.8 Å². The first-order valence-electron chi connectivity index (χ1n) is 10.7. The highest BCUT2D eigenvalue weighted by Crippen LogP contribution is 2.51. The molecule has 1 aromatic heterocycles. The molecule has 36 heavy (non-hydrogen) atoms. The number of aromatic nitrogens is 1. The van der Waals surface area contributed by atoms with Crippen LogP contribution in [0.15, 0.2) is 46.9 Å². The number of carbonyl (C=O) groups is 1. The van der Waals surface area contributed by atoms with E-state index < -0.39 is 29.5 Å². The highest BCUT2D eigenvalue weighted by Gasteiger charge is 2.71. The Kier molecular flexibility index (Phi) is 6.06. The van der Waals surface area contributed by atoms with Gasteiger partial charge >= 0.3 is 18.3 Å². The number of carboxylic acids is 1. The Bertz CT molecular complexity index is 1300. The average molecular weight is 514 g/mol. The molecule has 0 amide bonds. The molecule has 0 aliphatic carbocycles. The highest BCUT2D eigenvalue weighted by atomic mass is 19.4. The van der Waals surface area contributed by atoms with Crippen molar-refractivity contribution in [3.63, 3.8) is 0 Å². The summed E-state index contributed by atoms with van der Waals surface area (Å²) in [5, 5.41) is 18.9. The molecule has 1 atom stereocenters. The standard InChI is InChI=1S/C24H20F6N2O4/c1-12-8-16-10-17(22(35,23(25,26)27)24(28,29)30)6-7-19(16)32(12)11-18-13(2)36-20(31-18)14-4-3-5-15(9-14)21(33)34/h3-7,9-10,12,35H,8,11H2,1-2H3,(H,33,34). The number of fused-ring (bicyclic) bond motifs is 1. The van der Waals surface area contributed by atoms with Crippen molar-refractivity contribution in [3.8, 4) is 11.5 Å². The lowest BCUT2D eigenvalue weighted by Crippen LogP contribution is -2.53. The molecule has 1 aliphatic rings. The Labute approximate surface area is 200 Å². The van der Waals surface area contributed by atoms with E-state index in [9.17, 15) is 41.4 Å². The summed E-state index contributed by atoms with van der Waals surface area (Å²) in [5.74, 6) is -0.523. The molecule has 0 spiro atoms. The molecule has 192 valence electrons. The summed E-state index contributed by atoms with van der Waals surface area (Å²) in [5.41, 5.74) is -4.71. The maximum atomic E-state index is 13.3. The number of alkyl halides is 6. The minimum absolute atomic E-state index is 0.0421. The Hall–Kier alpha value is -3.54. The summed E-state index contributed by atoms with van der Waals surface area (Å²) in [6.07, 6.45) is -11.8. The number of aryl methyl sites for hydroxylation is 1. The normalized spacial score (nSPS) is 16.4. The minimum Gasteiger partial charge on any atom is -0.478 e. The number of halogens is 6. The van der Waals surface area contributed by atoms with E-state index in [2.05, 4.69) is 4.98 Å². The van der Waals surface area contributed by atoms with Crippen molar-refractivity contribution in [1.82, 2.24) is 4.98 Å². The van der Waals surface area contributed by atoms with E-state index in [-0.39, 0.29) is 36.0 Å². The van der Waals surface area contributed by atoms with Gasteiger partial charge in [0.2, 0.25) is 5.89 Å². The van der Waals surface area contributed by atoms with E-state index in [0.29, 0.717) is 28.8 Å². The number of hydrogen-bond donors (Lipinski definition) is 2. The molecule has 6 nitrogen and oxygen atoms in total. The Balaban J connectivity index is 1.65. The Morgan fingerprint density at radius 2 is 1.78 bits per heavy atom. The van der Waals surface area contributed by atoms with Gasteiger partial charge in [-0.3, -0.25) is 0 Å². The lowest BCUT2D eigenvalue weighted by Gasteiger charge is -2.33. The van der Waals surface area contributed by atoms with E-state index in [0.717, 1.165) is 12.1 Å². The molecular formula is C24H20F6N2O4. The van der Waals surface area contributed by atoms with Crippen LogP contribution in [0.5, 0.6) is 0 Å². The van der Waals surface area contributed by atoms with Gasteiger partial charge in [-0.25, -0.2) is 9.78 Å². The third-order valence-electron chi connectivity index (χ3n) is 6.24. The summed E-state index contributed by atoms with van der Waals surface area (Å²) in [6, 6.07) is 8.18. The van der Waals surface area contributed by atoms with Crippen LogP contribution in [0.25, 0.3) is 11.5 Å². The maximum absolute atomic E-state index is 13.3. The number of benzene rings is 2. The molecule has 0 bridgehead atoms. The third kappa shape index (κ3) is 4.19. The van der Waals surface area contributed by atoms with Gasteiger partial charge < -0.3 is 19.5 Å². The first-order chi connectivity index (χ1) is 16.6. The van der Waals surface area contributed by atoms with Crippen LogP contribution >= 0.6 is 0 Å². The summed E-state index contributed by atoms with van der Waals surface area (Å²) in [6.45, 7) is 3.54. The molecule has 3 aromatic rings. The van der Waals surface area contributed by atoms with Gasteiger partial charge in [-0.05, 0) is 50.1 Å². The molecule has 2 N–H and O–H groups in total. The maximum Gasteiger partial charge on any atom is 0.430 e.